The third-order valence-corrected chi connectivity index (χ3v) is 4.13. The van der Waals surface area contributed by atoms with Crippen molar-refractivity contribution in [1.29, 1.82) is 0 Å². The van der Waals surface area contributed by atoms with Gasteiger partial charge in [0, 0.05) is 5.38 Å². The van der Waals surface area contributed by atoms with E-state index in [-0.39, 0.29) is 4.91 Å². The predicted molar refractivity (Wildman–Crippen MR) is 62.8 cm³/mol. The van der Waals surface area contributed by atoms with Gasteiger partial charge in [-0.3, -0.25) is 0 Å². The van der Waals surface area contributed by atoms with Crippen LogP contribution in [0.5, 0.6) is 0 Å². The molecule has 18 heavy (non-hydrogen) atoms. The van der Waals surface area contributed by atoms with Crippen LogP contribution in [0.25, 0.3) is 0 Å². The van der Waals surface area contributed by atoms with Gasteiger partial charge in [-0.15, -0.1) is 11.3 Å². The fraction of sp³-hybridized carbons (Fsp3) is 0.700. The molecular formula is C10H13BF3NO2S. The van der Waals surface area contributed by atoms with E-state index in [1.165, 1.54) is 0 Å². The Kier molecular flexibility index (Phi) is 3.03. The fourth-order valence-corrected chi connectivity index (χ4v) is 2.25. The number of halogens is 3. The molecule has 100 valence electrons. The molecular weight excluding hydrogens is 266 g/mol. The highest BCUT2D eigenvalue weighted by Gasteiger charge is 2.53. The lowest BCUT2D eigenvalue weighted by Gasteiger charge is -2.32. The molecule has 0 atom stereocenters. The molecule has 0 spiro atoms. The molecule has 1 aromatic rings. The maximum absolute atomic E-state index is 12.5. The summed E-state index contributed by atoms with van der Waals surface area (Å²) in [5.74, 6) is 0. The maximum Gasteiger partial charge on any atom is 0.525 e. The van der Waals surface area contributed by atoms with Crippen LogP contribution in [0.2, 0.25) is 0 Å². The smallest absolute Gasteiger partial charge is 0.398 e. The zero-order chi connectivity index (χ0) is 13.8. The van der Waals surface area contributed by atoms with Crippen molar-refractivity contribution in [2.45, 2.75) is 45.1 Å². The first-order chi connectivity index (χ1) is 8.03. The number of hydrogen-bond acceptors (Lipinski definition) is 4. The zero-order valence-electron chi connectivity index (χ0n) is 10.5. The molecule has 3 nitrogen and oxygen atoms in total. The van der Waals surface area contributed by atoms with E-state index in [0.29, 0.717) is 0 Å². The van der Waals surface area contributed by atoms with Crippen molar-refractivity contribution in [3.63, 3.8) is 0 Å². The Bertz CT molecular complexity index is 442. The second kappa shape index (κ2) is 3.95. The van der Waals surface area contributed by atoms with Gasteiger partial charge in [0.15, 0.2) is 5.69 Å². The Morgan fingerprint density at radius 1 is 1.17 bits per heavy atom. The standard InChI is InChI=1S/C10H13BF3NO2S/c1-8(2)9(3,4)17-11(16-8)7-15-6(5-18-7)10(12,13)14/h5H,1-4H3. The van der Waals surface area contributed by atoms with Gasteiger partial charge < -0.3 is 9.31 Å². The second-order valence-corrected chi connectivity index (χ2v) is 6.05. The van der Waals surface area contributed by atoms with Crippen molar-refractivity contribution in [1.82, 2.24) is 4.98 Å². The molecule has 1 saturated heterocycles. The van der Waals surface area contributed by atoms with Crippen LogP contribution in [0.1, 0.15) is 33.4 Å². The minimum absolute atomic E-state index is 0.195. The van der Waals surface area contributed by atoms with E-state index in [0.717, 1.165) is 16.7 Å². The van der Waals surface area contributed by atoms with Gasteiger partial charge in [0.25, 0.3) is 0 Å². The van der Waals surface area contributed by atoms with Gasteiger partial charge >= 0.3 is 13.3 Å². The molecule has 1 aliphatic heterocycles. The van der Waals surface area contributed by atoms with E-state index < -0.39 is 30.2 Å². The van der Waals surface area contributed by atoms with Crippen LogP contribution in [0.15, 0.2) is 5.38 Å². The third-order valence-electron chi connectivity index (χ3n) is 3.27. The average Bonchev–Trinajstić information content (AvgIpc) is 2.69. The molecule has 2 rings (SSSR count). The molecule has 8 heteroatoms. The van der Waals surface area contributed by atoms with Gasteiger partial charge in [0.05, 0.1) is 11.2 Å². The summed E-state index contributed by atoms with van der Waals surface area (Å²) in [5, 5.41) is 0.973. The molecule has 0 unspecified atom stereocenters. The monoisotopic (exact) mass is 279 g/mol. The predicted octanol–water partition coefficient (Wildman–Crippen LogP) is 2.46. The molecule has 0 amide bonds. The number of thiazole rings is 1. The number of alkyl halides is 3. The number of nitrogens with zero attached hydrogens (tertiary/aromatic N) is 1. The highest BCUT2D eigenvalue weighted by Crippen LogP contribution is 2.37. The number of aromatic nitrogens is 1. The van der Waals surface area contributed by atoms with Crippen LogP contribution in [-0.4, -0.2) is 23.3 Å². The normalized spacial score (nSPS) is 22.5. The van der Waals surface area contributed by atoms with Gasteiger partial charge in [-0.25, -0.2) is 4.98 Å². The lowest BCUT2D eigenvalue weighted by Crippen LogP contribution is -2.41. The van der Waals surface area contributed by atoms with Crippen LogP contribution in [0.4, 0.5) is 13.2 Å². The van der Waals surface area contributed by atoms with Gasteiger partial charge in [0.2, 0.25) is 0 Å². The summed E-state index contributed by atoms with van der Waals surface area (Å²) >= 11 is 0.894. The van der Waals surface area contributed by atoms with Crippen LogP contribution in [0, 0.1) is 0 Å². The largest absolute Gasteiger partial charge is 0.525 e. The Hall–Kier alpha value is -0.595. The van der Waals surface area contributed by atoms with Crippen molar-refractivity contribution in [3.05, 3.63) is 11.1 Å². The first-order valence-electron chi connectivity index (χ1n) is 5.41. The fourth-order valence-electron chi connectivity index (χ4n) is 1.47. The van der Waals surface area contributed by atoms with Crippen LogP contribution in [-0.2, 0) is 15.5 Å². The maximum atomic E-state index is 12.5. The van der Waals surface area contributed by atoms with E-state index in [9.17, 15) is 13.2 Å². The van der Waals surface area contributed by atoms with Crippen molar-refractivity contribution < 1.29 is 22.5 Å². The molecule has 1 fully saturated rings. The number of rotatable bonds is 1. The van der Waals surface area contributed by atoms with Gasteiger partial charge in [-0.05, 0) is 27.7 Å². The minimum atomic E-state index is -4.43. The van der Waals surface area contributed by atoms with Gasteiger partial charge in [-0.1, -0.05) is 0 Å². The lowest BCUT2D eigenvalue weighted by atomic mass is 9.90. The summed E-state index contributed by atoms with van der Waals surface area (Å²) in [5.41, 5.74) is -2.07. The van der Waals surface area contributed by atoms with Crippen molar-refractivity contribution >= 4 is 23.4 Å². The lowest BCUT2D eigenvalue weighted by molar-refractivity contribution is -0.140. The Morgan fingerprint density at radius 2 is 1.67 bits per heavy atom. The second-order valence-electron chi connectivity index (χ2n) is 5.16. The van der Waals surface area contributed by atoms with Gasteiger partial charge in [0.1, 0.15) is 4.91 Å². The van der Waals surface area contributed by atoms with E-state index >= 15 is 0 Å². The Morgan fingerprint density at radius 3 is 2.06 bits per heavy atom. The topological polar surface area (TPSA) is 31.4 Å². The van der Waals surface area contributed by atoms with Crippen molar-refractivity contribution in [2.75, 3.05) is 0 Å². The average molecular weight is 279 g/mol. The number of hydrogen-bond donors (Lipinski definition) is 0. The summed E-state index contributed by atoms with van der Waals surface area (Å²) in [7, 11) is -0.837. The SMILES string of the molecule is CC1(C)OB(c2nc(C(F)(F)F)cs2)OC1(C)C. The van der Waals surface area contributed by atoms with E-state index in [2.05, 4.69) is 4.98 Å². The van der Waals surface area contributed by atoms with E-state index in [1.54, 1.807) is 0 Å². The summed E-state index contributed by atoms with van der Waals surface area (Å²) in [6.45, 7) is 7.35. The first-order valence-corrected chi connectivity index (χ1v) is 6.29. The van der Waals surface area contributed by atoms with Crippen LogP contribution >= 0.6 is 11.3 Å². The summed E-state index contributed by atoms with van der Waals surface area (Å²) in [6, 6.07) is 0. The highest BCUT2D eigenvalue weighted by atomic mass is 32.1. The first kappa shape index (κ1) is 13.8. The molecule has 2 heterocycles. The molecule has 0 N–H and O–H groups in total. The third kappa shape index (κ3) is 2.28. The minimum Gasteiger partial charge on any atom is -0.398 e. The van der Waals surface area contributed by atoms with Crippen LogP contribution in [0.3, 0.4) is 0 Å². The van der Waals surface area contributed by atoms with Crippen molar-refractivity contribution in [2.24, 2.45) is 0 Å². The molecule has 0 bridgehead atoms. The summed E-state index contributed by atoms with van der Waals surface area (Å²) in [4.78, 5) is 3.73. The van der Waals surface area contributed by atoms with Gasteiger partial charge in [-0.2, -0.15) is 13.2 Å². The van der Waals surface area contributed by atoms with E-state index in [1.807, 2.05) is 27.7 Å². The molecule has 0 aliphatic carbocycles. The Balaban J connectivity index is 2.23. The summed E-state index contributed by atoms with van der Waals surface area (Å²) in [6.07, 6.45) is -4.43. The molecule has 0 radical (unpaired) electrons. The Labute approximate surface area is 107 Å². The summed E-state index contributed by atoms with van der Waals surface area (Å²) < 4.78 is 48.6. The molecule has 0 saturated carbocycles. The molecule has 1 aliphatic rings. The molecule has 0 aromatic carbocycles. The van der Waals surface area contributed by atoms with Crippen molar-refractivity contribution in [3.8, 4) is 0 Å². The quantitative estimate of drug-likeness (QED) is 0.740. The van der Waals surface area contributed by atoms with E-state index in [4.69, 9.17) is 9.31 Å². The molecule has 1 aromatic heterocycles. The zero-order valence-corrected chi connectivity index (χ0v) is 11.3. The van der Waals surface area contributed by atoms with Crippen LogP contribution < -0.4 is 4.91 Å². The highest BCUT2D eigenvalue weighted by molar-refractivity contribution is 7.20.